The van der Waals surface area contributed by atoms with Gasteiger partial charge in [-0.05, 0) is 44.0 Å². The Morgan fingerprint density at radius 3 is 1.71 bits per heavy atom. The summed E-state index contributed by atoms with van der Waals surface area (Å²) in [5.74, 6) is -2.23. The highest BCUT2D eigenvalue weighted by Crippen LogP contribution is 2.27. The molecule has 0 fully saturated rings. The lowest BCUT2D eigenvalue weighted by Gasteiger charge is -2.03. The number of benzene rings is 1. The molecule has 74 valence electrons. The number of carbonyl (C=O) groups is 2. The average Bonchev–Trinajstić information content (AvgIpc) is 2.01. The standard InChI is InChI=1S/C8H4Br2O4/c9-4-1-3(7(11)12)2-5(10)6(4)8(13)14/h1-2H,(H,11,12)(H,13,14). The first-order valence-corrected chi connectivity index (χ1v) is 4.97. The third-order valence-corrected chi connectivity index (χ3v) is 2.75. The fraction of sp³-hybridized carbons (Fsp3) is 0. The van der Waals surface area contributed by atoms with Crippen LogP contribution in [0.2, 0.25) is 0 Å². The van der Waals surface area contributed by atoms with Crippen molar-refractivity contribution in [1.82, 2.24) is 0 Å². The van der Waals surface area contributed by atoms with Crippen LogP contribution >= 0.6 is 31.9 Å². The van der Waals surface area contributed by atoms with E-state index < -0.39 is 11.9 Å². The van der Waals surface area contributed by atoms with Gasteiger partial charge in [-0.2, -0.15) is 0 Å². The van der Waals surface area contributed by atoms with Crippen molar-refractivity contribution in [3.05, 3.63) is 32.2 Å². The molecule has 0 radical (unpaired) electrons. The molecule has 0 heterocycles. The van der Waals surface area contributed by atoms with E-state index in [9.17, 15) is 9.59 Å². The number of carboxylic acids is 2. The highest BCUT2D eigenvalue weighted by atomic mass is 79.9. The van der Waals surface area contributed by atoms with Crippen molar-refractivity contribution in [2.24, 2.45) is 0 Å². The summed E-state index contributed by atoms with van der Waals surface area (Å²) in [6.45, 7) is 0. The average molecular weight is 324 g/mol. The van der Waals surface area contributed by atoms with Crippen molar-refractivity contribution in [3.63, 3.8) is 0 Å². The number of rotatable bonds is 2. The highest BCUT2D eigenvalue weighted by Gasteiger charge is 2.16. The number of hydrogen-bond acceptors (Lipinski definition) is 2. The molecule has 4 nitrogen and oxygen atoms in total. The fourth-order valence-corrected chi connectivity index (χ4v) is 2.43. The Labute approximate surface area is 95.8 Å². The lowest BCUT2D eigenvalue weighted by Crippen LogP contribution is -2.03. The lowest BCUT2D eigenvalue weighted by atomic mass is 10.1. The Balaban J connectivity index is 3.39. The van der Waals surface area contributed by atoms with Crippen molar-refractivity contribution in [2.75, 3.05) is 0 Å². The van der Waals surface area contributed by atoms with E-state index in [2.05, 4.69) is 31.9 Å². The first kappa shape index (κ1) is 11.2. The van der Waals surface area contributed by atoms with Crippen molar-refractivity contribution in [2.45, 2.75) is 0 Å². The normalized spacial score (nSPS) is 9.86. The molecule has 14 heavy (non-hydrogen) atoms. The first-order valence-electron chi connectivity index (χ1n) is 3.39. The van der Waals surface area contributed by atoms with Crippen molar-refractivity contribution >= 4 is 43.8 Å². The summed E-state index contributed by atoms with van der Waals surface area (Å²) >= 11 is 5.99. The largest absolute Gasteiger partial charge is 0.478 e. The van der Waals surface area contributed by atoms with Crippen LogP contribution in [0, 0.1) is 0 Å². The second-order valence-electron chi connectivity index (χ2n) is 2.43. The maximum absolute atomic E-state index is 10.7. The summed E-state index contributed by atoms with van der Waals surface area (Å²) < 4.78 is 0.466. The number of halogens is 2. The molecule has 1 aromatic carbocycles. The van der Waals surface area contributed by atoms with Crippen LogP contribution in [0.4, 0.5) is 0 Å². The van der Waals surface area contributed by atoms with Gasteiger partial charge in [0.15, 0.2) is 0 Å². The van der Waals surface area contributed by atoms with E-state index in [1.807, 2.05) is 0 Å². The zero-order valence-corrected chi connectivity index (χ0v) is 9.79. The van der Waals surface area contributed by atoms with Crippen molar-refractivity contribution in [1.29, 1.82) is 0 Å². The van der Waals surface area contributed by atoms with E-state index in [1.165, 1.54) is 12.1 Å². The molecule has 2 N–H and O–H groups in total. The van der Waals surface area contributed by atoms with Gasteiger partial charge in [-0.25, -0.2) is 9.59 Å². The van der Waals surface area contributed by atoms with Gasteiger partial charge in [0.2, 0.25) is 0 Å². The molecule has 0 bridgehead atoms. The van der Waals surface area contributed by atoms with E-state index >= 15 is 0 Å². The lowest BCUT2D eigenvalue weighted by molar-refractivity contribution is 0.0679. The van der Waals surface area contributed by atoms with Crippen LogP contribution in [0.1, 0.15) is 20.7 Å². The Bertz CT molecular complexity index is 391. The van der Waals surface area contributed by atoms with Gasteiger partial charge in [-0.15, -0.1) is 0 Å². The van der Waals surface area contributed by atoms with E-state index in [-0.39, 0.29) is 20.1 Å². The van der Waals surface area contributed by atoms with Gasteiger partial charge >= 0.3 is 11.9 Å². The summed E-state index contributed by atoms with van der Waals surface area (Å²) in [6.07, 6.45) is 0. The molecule has 0 spiro atoms. The molecule has 1 aromatic rings. The summed E-state index contributed by atoms with van der Waals surface area (Å²) in [5.41, 5.74) is 0.0313. The fourth-order valence-electron chi connectivity index (χ4n) is 0.901. The third kappa shape index (κ3) is 2.13. The molecule has 0 amide bonds. The maximum atomic E-state index is 10.7. The molecule has 6 heteroatoms. The number of hydrogen-bond donors (Lipinski definition) is 2. The number of carboxylic acid groups (broad SMARTS) is 2. The topological polar surface area (TPSA) is 74.6 Å². The van der Waals surface area contributed by atoms with Crippen LogP contribution in [0.15, 0.2) is 21.1 Å². The van der Waals surface area contributed by atoms with E-state index in [1.54, 1.807) is 0 Å². The van der Waals surface area contributed by atoms with Crippen molar-refractivity contribution < 1.29 is 19.8 Å². The van der Waals surface area contributed by atoms with Gasteiger partial charge in [0.25, 0.3) is 0 Å². The summed E-state index contributed by atoms with van der Waals surface area (Å²) in [7, 11) is 0. The van der Waals surface area contributed by atoms with E-state index in [0.29, 0.717) is 0 Å². The monoisotopic (exact) mass is 322 g/mol. The minimum atomic E-state index is -1.12. The quantitative estimate of drug-likeness (QED) is 0.877. The van der Waals surface area contributed by atoms with Crippen LogP contribution in [0.5, 0.6) is 0 Å². The smallest absolute Gasteiger partial charge is 0.337 e. The molecule has 0 unspecified atom stereocenters. The van der Waals surface area contributed by atoms with Gasteiger partial charge in [-0.3, -0.25) is 0 Å². The summed E-state index contributed by atoms with van der Waals surface area (Å²) in [5, 5.41) is 17.4. The van der Waals surface area contributed by atoms with Gasteiger partial charge in [0.1, 0.15) is 0 Å². The molecule has 0 saturated heterocycles. The SMILES string of the molecule is O=C(O)c1cc(Br)c(C(=O)O)c(Br)c1. The Hall–Kier alpha value is -0.880. The van der Waals surface area contributed by atoms with Crippen LogP contribution in [0.25, 0.3) is 0 Å². The summed E-state index contributed by atoms with van der Waals surface area (Å²) in [4.78, 5) is 21.3. The zero-order valence-electron chi connectivity index (χ0n) is 6.62. The second kappa shape index (κ2) is 4.10. The molecule has 0 aliphatic carbocycles. The molecule has 0 atom stereocenters. The molecular formula is C8H4Br2O4. The Morgan fingerprint density at radius 1 is 1.00 bits per heavy atom. The van der Waals surface area contributed by atoms with E-state index in [0.717, 1.165) is 0 Å². The van der Waals surface area contributed by atoms with Crippen LogP contribution < -0.4 is 0 Å². The van der Waals surface area contributed by atoms with Gasteiger partial charge in [-0.1, -0.05) is 0 Å². The summed E-state index contributed by atoms with van der Waals surface area (Å²) in [6, 6.07) is 2.49. The Kier molecular flexibility index (Phi) is 3.28. The van der Waals surface area contributed by atoms with E-state index in [4.69, 9.17) is 10.2 Å². The van der Waals surface area contributed by atoms with Crippen molar-refractivity contribution in [3.8, 4) is 0 Å². The van der Waals surface area contributed by atoms with Gasteiger partial charge in [0, 0.05) is 8.95 Å². The van der Waals surface area contributed by atoms with Gasteiger partial charge < -0.3 is 10.2 Å². The molecule has 1 rings (SSSR count). The van der Waals surface area contributed by atoms with Gasteiger partial charge in [0.05, 0.1) is 11.1 Å². The molecule has 0 aliphatic rings. The molecular weight excluding hydrogens is 320 g/mol. The molecule has 0 aliphatic heterocycles. The third-order valence-electron chi connectivity index (χ3n) is 1.50. The Morgan fingerprint density at radius 2 is 1.43 bits per heavy atom. The number of aromatic carboxylic acids is 2. The minimum absolute atomic E-state index is 0.00926. The highest BCUT2D eigenvalue weighted by molar-refractivity contribution is 9.11. The molecule has 0 saturated carbocycles. The first-order chi connectivity index (χ1) is 6.43. The zero-order chi connectivity index (χ0) is 10.9. The van der Waals surface area contributed by atoms with Crippen LogP contribution in [0.3, 0.4) is 0 Å². The minimum Gasteiger partial charge on any atom is -0.478 e. The van der Waals surface area contributed by atoms with Crippen LogP contribution in [-0.2, 0) is 0 Å². The predicted octanol–water partition coefficient (Wildman–Crippen LogP) is 2.61. The maximum Gasteiger partial charge on any atom is 0.337 e. The predicted molar refractivity (Wildman–Crippen MR) is 55.8 cm³/mol. The molecule has 0 aromatic heterocycles. The van der Waals surface area contributed by atoms with Crippen LogP contribution in [-0.4, -0.2) is 22.2 Å². The second-order valence-corrected chi connectivity index (χ2v) is 4.13.